The van der Waals surface area contributed by atoms with Crippen LogP contribution in [0.4, 0.5) is 5.82 Å². The molecule has 4 heteroatoms. The first-order chi connectivity index (χ1) is 6.33. The number of nitrogens with zero attached hydrogens (tertiary/aromatic N) is 2. The third-order valence-corrected chi connectivity index (χ3v) is 1.31. The molecule has 0 bridgehead atoms. The summed E-state index contributed by atoms with van der Waals surface area (Å²) in [5, 5.41) is 2.82. The Morgan fingerprint density at radius 1 is 1.62 bits per heavy atom. The molecule has 0 fully saturated rings. The summed E-state index contributed by atoms with van der Waals surface area (Å²) in [6.45, 7) is 0. The maximum Gasteiger partial charge on any atom is 0.154 e. The Hall–Kier alpha value is -1.84. The first kappa shape index (κ1) is 9.25. The van der Waals surface area contributed by atoms with Crippen molar-refractivity contribution in [2.24, 2.45) is 10.7 Å². The number of aromatic nitrogens is 1. The van der Waals surface area contributed by atoms with Crippen molar-refractivity contribution in [3.63, 3.8) is 0 Å². The van der Waals surface area contributed by atoms with Crippen molar-refractivity contribution < 1.29 is 0 Å². The van der Waals surface area contributed by atoms with Crippen LogP contribution in [0.2, 0.25) is 0 Å². The Morgan fingerprint density at radius 2 is 2.46 bits per heavy atom. The maximum atomic E-state index is 5.57. The molecule has 0 saturated heterocycles. The lowest BCUT2D eigenvalue weighted by atomic mass is 10.4. The van der Waals surface area contributed by atoms with Crippen LogP contribution in [0.3, 0.4) is 0 Å². The smallest absolute Gasteiger partial charge is 0.154 e. The topological polar surface area (TPSA) is 63.3 Å². The number of pyridine rings is 1. The summed E-state index contributed by atoms with van der Waals surface area (Å²) in [5.74, 6) is 1.04. The predicted octanol–water partition coefficient (Wildman–Crippen LogP) is 0.803. The van der Waals surface area contributed by atoms with Gasteiger partial charge in [-0.25, -0.2) is 9.98 Å². The number of rotatable bonds is 3. The van der Waals surface area contributed by atoms with Crippen LogP contribution >= 0.6 is 0 Å². The van der Waals surface area contributed by atoms with E-state index in [0.29, 0.717) is 11.7 Å². The van der Waals surface area contributed by atoms with Gasteiger partial charge in [0.2, 0.25) is 0 Å². The number of aliphatic imine (C=N–C) groups is 1. The van der Waals surface area contributed by atoms with Gasteiger partial charge in [-0.2, -0.15) is 0 Å². The van der Waals surface area contributed by atoms with Crippen molar-refractivity contribution in [2.75, 3.05) is 7.05 Å². The quantitative estimate of drug-likeness (QED) is 0.529. The van der Waals surface area contributed by atoms with Gasteiger partial charge in [-0.05, 0) is 24.4 Å². The van der Waals surface area contributed by atoms with Gasteiger partial charge in [-0.1, -0.05) is 6.07 Å². The van der Waals surface area contributed by atoms with E-state index in [9.17, 15) is 0 Å². The fourth-order valence-corrected chi connectivity index (χ4v) is 0.758. The molecule has 4 nitrogen and oxygen atoms in total. The zero-order valence-electron chi connectivity index (χ0n) is 7.44. The standard InChI is InChI=1S/C9H12N4/c1-11-7-5-8(10)13-9-4-2-3-6-12-9/h2-7,11H,1H3,(H2,10,12,13)/b7-5-. The van der Waals surface area contributed by atoms with Crippen molar-refractivity contribution in [2.45, 2.75) is 0 Å². The van der Waals surface area contributed by atoms with Crippen molar-refractivity contribution in [3.8, 4) is 0 Å². The van der Waals surface area contributed by atoms with E-state index in [1.807, 2.05) is 12.1 Å². The molecular formula is C9H12N4. The highest BCUT2D eigenvalue weighted by molar-refractivity contribution is 5.92. The van der Waals surface area contributed by atoms with Crippen LogP contribution in [0.5, 0.6) is 0 Å². The number of amidine groups is 1. The van der Waals surface area contributed by atoms with E-state index in [1.165, 1.54) is 0 Å². The summed E-state index contributed by atoms with van der Waals surface area (Å²) >= 11 is 0. The van der Waals surface area contributed by atoms with E-state index < -0.39 is 0 Å². The van der Waals surface area contributed by atoms with E-state index in [-0.39, 0.29) is 0 Å². The van der Waals surface area contributed by atoms with Crippen LogP contribution < -0.4 is 11.1 Å². The zero-order chi connectivity index (χ0) is 9.52. The maximum absolute atomic E-state index is 5.57. The second-order valence-electron chi connectivity index (χ2n) is 2.35. The minimum Gasteiger partial charge on any atom is -0.394 e. The van der Waals surface area contributed by atoms with Gasteiger partial charge in [0.05, 0.1) is 0 Å². The normalized spacial score (nSPS) is 11.9. The molecule has 1 aromatic rings. The molecule has 0 aliphatic rings. The third-order valence-electron chi connectivity index (χ3n) is 1.31. The molecule has 1 rings (SSSR count). The number of hydrogen-bond donors (Lipinski definition) is 2. The lowest BCUT2D eigenvalue weighted by molar-refractivity contribution is 1.10. The van der Waals surface area contributed by atoms with Crippen LogP contribution in [0.1, 0.15) is 0 Å². The highest BCUT2D eigenvalue weighted by Crippen LogP contribution is 2.03. The number of nitrogens with two attached hydrogens (primary N) is 1. The van der Waals surface area contributed by atoms with Gasteiger partial charge in [0, 0.05) is 13.2 Å². The Balaban J connectivity index is 2.71. The zero-order valence-corrected chi connectivity index (χ0v) is 7.44. The Kier molecular flexibility index (Phi) is 3.50. The SMILES string of the molecule is CN/C=C\C(N)=N/c1ccccn1. The molecule has 13 heavy (non-hydrogen) atoms. The van der Waals surface area contributed by atoms with Crippen molar-refractivity contribution in [3.05, 3.63) is 36.7 Å². The average Bonchev–Trinajstić information content (AvgIpc) is 2.16. The van der Waals surface area contributed by atoms with Crippen LogP contribution in [-0.4, -0.2) is 17.9 Å². The summed E-state index contributed by atoms with van der Waals surface area (Å²) < 4.78 is 0. The van der Waals surface area contributed by atoms with Gasteiger partial charge >= 0.3 is 0 Å². The van der Waals surface area contributed by atoms with Gasteiger partial charge in [-0.15, -0.1) is 0 Å². The molecule has 0 spiro atoms. The molecule has 0 amide bonds. The Morgan fingerprint density at radius 3 is 3.08 bits per heavy atom. The van der Waals surface area contributed by atoms with Crippen LogP contribution in [0.25, 0.3) is 0 Å². The summed E-state index contributed by atoms with van der Waals surface area (Å²) in [6.07, 6.45) is 5.06. The van der Waals surface area contributed by atoms with Gasteiger partial charge in [0.1, 0.15) is 5.84 Å². The molecular weight excluding hydrogens is 164 g/mol. The summed E-state index contributed by atoms with van der Waals surface area (Å²) in [4.78, 5) is 8.06. The molecule has 1 aromatic heterocycles. The van der Waals surface area contributed by atoms with Crippen LogP contribution in [0.15, 0.2) is 41.7 Å². The molecule has 0 saturated carbocycles. The lowest BCUT2D eigenvalue weighted by Gasteiger charge is -1.93. The monoisotopic (exact) mass is 176 g/mol. The lowest BCUT2D eigenvalue weighted by Crippen LogP contribution is -2.08. The van der Waals surface area contributed by atoms with E-state index in [2.05, 4.69) is 15.3 Å². The molecule has 0 aromatic carbocycles. The number of nitrogens with one attached hydrogen (secondary N) is 1. The van der Waals surface area contributed by atoms with E-state index >= 15 is 0 Å². The summed E-state index contributed by atoms with van der Waals surface area (Å²) in [7, 11) is 1.80. The first-order valence-corrected chi connectivity index (χ1v) is 3.92. The average molecular weight is 176 g/mol. The molecule has 0 aliphatic heterocycles. The minimum absolute atomic E-state index is 0.424. The molecule has 0 atom stereocenters. The van der Waals surface area contributed by atoms with Gasteiger partial charge in [-0.3, -0.25) is 0 Å². The van der Waals surface area contributed by atoms with Crippen molar-refractivity contribution >= 4 is 11.7 Å². The highest BCUT2D eigenvalue weighted by Gasteiger charge is 1.88. The van der Waals surface area contributed by atoms with Crippen LogP contribution in [-0.2, 0) is 0 Å². The summed E-state index contributed by atoms with van der Waals surface area (Å²) in [6, 6.07) is 5.49. The van der Waals surface area contributed by atoms with Crippen molar-refractivity contribution in [1.82, 2.24) is 10.3 Å². The number of hydrogen-bond acceptors (Lipinski definition) is 3. The van der Waals surface area contributed by atoms with E-state index in [0.717, 1.165) is 0 Å². The third kappa shape index (κ3) is 3.37. The molecule has 68 valence electrons. The first-order valence-electron chi connectivity index (χ1n) is 3.92. The predicted molar refractivity (Wildman–Crippen MR) is 53.7 cm³/mol. The van der Waals surface area contributed by atoms with Crippen molar-refractivity contribution in [1.29, 1.82) is 0 Å². The Bertz CT molecular complexity index is 303. The highest BCUT2D eigenvalue weighted by atomic mass is 14.9. The van der Waals surface area contributed by atoms with Gasteiger partial charge < -0.3 is 11.1 Å². The fraction of sp³-hybridized carbons (Fsp3) is 0.111. The largest absolute Gasteiger partial charge is 0.394 e. The van der Waals surface area contributed by atoms with Gasteiger partial charge in [0.15, 0.2) is 5.82 Å². The molecule has 0 radical (unpaired) electrons. The summed E-state index contributed by atoms with van der Waals surface area (Å²) in [5.41, 5.74) is 5.57. The van der Waals surface area contributed by atoms with Crippen LogP contribution in [0, 0.1) is 0 Å². The Labute approximate surface area is 77.2 Å². The second kappa shape index (κ2) is 4.92. The second-order valence-corrected chi connectivity index (χ2v) is 2.35. The fourth-order valence-electron chi connectivity index (χ4n) is 0.758. The molecule has 0 aliphatic carbocycles. The minimum atomic E-state index is 0.424. The van der Waals surface area contributed by atoms with E-state index in [4.69, 9.17) is 5.73 Å². The molecule has 1 heterocycles. The molecule has 3 N–H and O–H groups in total. The van der Waals surface area contributed by atoms with Gasteiger partial charge in [0.25, 0.3) is 0 Å². The molecule has 0 unspecified atom stereocenters. The van der Waals surface area contributed by atoms with E-state index in [1.54, 1.807) is 31.6 Å².